The summed E-state index contributed by atoms with van der Waals surface area (Å²) >= 11 is 3.62. The van der Waals surface area contributed by atoms with Crippen molar-refractivity contribution in [2.75, 3.05) is 13.1 Å². The van der Waals surface area contributed by atoms with Crippen LogP contribution in [0.5, 0.6) is 0 Å². The average Bonchev–Trinajstić information content (AvgIpc) is 2.47. The number of benzene rings is 2. The number of amides is 1. The molecule has 1 aliphatic heterocycles. The monoisotopic (exact) mass is 331 g/mol. The first-order valence-electron chi connectivity index (χ1n) is 7.12. The fourth-order valence-corrected chi connectivity index (χ4v) is 3.46. The van der Waals surface area contributed by atoms with Crippen LogP contribution in [0.3, 0.4) is 0 Å². The Morgan fingerprint density at radius 1 is 1.20 bits per heavy atom. The molecule has 0 aromatic heterocycles. The Morgan fingerprint density at radius 3 is 2.80 bits per heavy atom. The van der Waals surface area contributed by atoms with E-state index < -0.39 is 0 Å². The standard InChI is InChI=1S/C17H18BrNO/c18-16-6-3-9-19(12-16)17(20)11-13-7-8-14-4-1-2-5-15(14)10-13/h1-2,4-5,7-8,10,16H,3,6,9,11-12H2. The zero-order chi connectivity index (χ0) is 13.9. The van der Waals surface area contributed by atoms with Crippen LogP contribution in [0.1, 0.15) is 18.4 Å². The number of likely N-dealkylation sites (tertiary alicyclic amines) is 1. The summed E-state index contributed by atoms with van der Waals surface area (Å²) in [5, 5.41) is 2.43. The van der Waals surface area contributed by atoms with Crippen LogP contribution >= 0.6 is 15.9 Å². The highest BCUT2D eigenvalue weighted by molar-refractivity contribution is 9.09. The summed E-state index contributed by atoms with van der Waals surface area (Å²) in [5.74, 6) is 0.240. The minimum Gasteiger partial charge on any atom is -0.341 e. The molecule has 1 unspecified atom stereocenters. The van der Waals surface area contributed by atoms with Gasteiger partial charge in [0.15, 0.2) is 0 Å². The molecular formula is C17H18BrNO. The summed E-state index contributed by atoms with van der Waals surface area (Å²) < 4.78 is 0. The molecule has 3 heteroatoms. The number of fused-ring (bicyclic) bond motifs is 1. The fraction of sp³-hybridized carbons (Fsp3) is 0.353. The summed E-state index contributed by atoms with van der Waals surface area (Å²) in [4.78, 5) is 14.8. The summed E-state index contributed by atoms with van der Waals surface area (Å²) in [6.45, 7) is 1.74. The van der Waals surface area contributed by atoms with E-state index in [-0.39, 0.29) is 5.91 Å². The van der Waals surface area contributed by atoms with Gasteiger partial charge in [-0.25, -0.2) is 0 Å². The van der Waals surface area contributed by atoms with Crippen LogP contribution in [-0.4, -0.2) is 28.7 Å². The number of hydrogen-bond donors (Lipinski definition) is 0. The summed E-state index contributed by atoms with van der Waals surface area (Å²) in [6.07, 6.45) is 2.77. The Bertz CT molecular complexity index is 625. The van der Waals surface area contributed by atoms with Crippen molar-refractivity contribution in [2.24, 2.45) is 0 Å². The average molecular weight is 332 g/mol. The van der Waals surface area contributed by atoms with Gasteiger partial charge in [-0.1, -0.05) is 58.4 Å². The second kappa shape index (κ2) is 5.96. The van der Waals surface area contributed by atoms with E-state index in [4.69, 9.17) is 0 Å². The van der Waals surface area contributed by atoms with Gasteiger partial charge in [-0.15, -0.1) is 0 Å². The quantitative estimate of drug-likeness (QED) is 0.767. The number of hydrogen-bond acceptors (Lipinski definition) is 1. The molecule has 0 spiro atoms. The second-order valence-electron chi connectivity index (χ2n) is 5.44. The van der Waals surface area contributed by atoms with Crippen LogP contribution < -0.4 is 0 Å². The molecule has 1 atom stereocenters. The molecule has 0 radical (unpaired) electrons. The van der Waals surface area contributed by atoms with Crippen LogP contribution in [0.15, 0.2) is 42.5 Å². The first-order chi connectivity index (χ1) is 9.72. The molecule has 1 heterocycles. The van der Waals surface area contributed by atoms with Crippen molar-refractivity contribution < 1.29 is 4.79 Å². The van der Waals surface area contributed by atoms with Crippen LogP contribution in [0.2, 0.25) is 0 Å². The van der Waals surface area contributed by atoms with Crippen LogP contribution in [-0.2, 0) is 11.2 Å². The molecule has 1 fully saturated rings. The first-order valence-corrected chi connectivity index (χ1v) is 8.03. The Morgan fingerprint density at radius 2 is 2.00 bits per heavy atom. The van der Waals surface area contributed by atoms with Gasteiger partial charge in [-0.2, -0.15) is 0 Å². The number of nitrogens with zero attached hydrogens (tertiary/aromatic N) is 1. The highest BCUT2D eigenvalue weighted by Gasteiger charge is 2.21. The van der Waals surface area contributed by atoms with Gasteiger partial charge in [0.1, 0.15) is 0 Å². The zero-order valence-electron chi connectivity index (χ0n) is 11.4. The minimum absolute atomic E-state index is 0.240. The third-order valence-corrected chi connectivity index (χ3v) is 4.63. The predicted octanol–water partition coefficient (Wildman–Crippen LogP) is 3.77. The lowest BCUT2D eigenvalue weighted by molar-refractivity contribution is -0.131. The Balaban J connectivity index is 1.73. The van der Waals surface area contributed by atoms with Crippen LogP contribution in [0.4, 0.5) is 0 Å². The number of halogens is 1. The Kier molecular flexibility index (Phi) is 4.06. The Hall–Kier alpha value is -1.35. The number of carbonyl (C=O) groups excluding carboxylic acids is 1. The van der Waals surface area contributed by atoms with Gasteiger partial charge in [0, 0.05) is 17.9 Å². The lowest BCUT2D eigenvalue weighted by Gasteiger charge is -2.30. The van der Waals surface area contributed by atoms with Gasteiger partial charge >= 0.3 is 0 Å². The van der Waals surface area contributed by atoms with E-state index in [2.05, 4.69) is 46.3 Å². The van der Waals surface area contributed by atoms with Crippen molar-refractivity contribution in [3.8, 4) is 0 Å². The highest BCUT2D eigenvalue weighted by Crippen LogP contribution is 2.19. The third-order valence-electron chi connectivity index (χ3n) is 3.89. The molecule has 0 bridgehead atoms. The lowest BCUT2D eigenvalue weighted by Crippen LogP contribution is -2.41. The summed E-state index contributed by atoms with van der Waals surface area (Å²) in [7, 11) is 0. The van der Waals surface area contributed by atoms with Crippen LogP contribution in [0, 0.1) is 0 Å². The van der Waals surface area contributed by atoms with Gasteiger partial charge in [0.2, 0.25) is 5.91 Å². The van der Waals surface area contributed by atoms with Gasteiger partial charge < -0.3 is 4.90 Å². The number of alkyl halides is 1. The predicted molar refractivity (Wildman–Crippen MR) is 86.2 cm³/mol. The van der Waals surface area contributed by atoms with Crippen molar-refractivity contribution in [1.29, 1.82) is 0 Å². The molecule has 1 amide bonds. The van der Waals surface area contributed by atoms with Crippen molar-refractivity contribution in [3.63, 3.8) is 0 Å². The summed E-state index contributed by atoms with van der Waals surface area (Å²) in [6, 6.07) is 14.6. The molecule has 20 heavy (non-hydrogen) atoms. The highest BCUT2D eigenvalue weighted by atomic mass is 79.9. The number of rotatable bonds is 2. The SMILES string of the molecule is O=C(Cc1ccc2ccccc2c1)N1CCCC(Br)C1. The summed E-state index contributed by atoms with van der Waals surface area (Å²) in [5.41, 5.74) is 1.10. The molecule has 2 aromatic rings. The van der Waals surface area contributed by atoms with E-state index in [1.807, 2.05) is 17.0 Å². The third kappa shape index (κ3) is 3.04. The smallest absolute Gasteiger partial charge is 0.227 e. The van der Waals surface area contributed by atoms with Crippen LogP contribution in [0.25, 0.3) is 10.8 Å². The molecule has 1 saturated heterocycles. The molecular weight excluding hydrogens is 314 g/mol. The number of carbonyl (C=O) groups is 1. The van der Waals surface area contributed by atoms with E-state index >= 15 is 0 Å². The van der Waals surface area contributed by atoms with Gasteiger partial charge in [-0.05, 0) is 29.2 Å². The van der Waals surface area contributed by atoms with Crippen molar-refractivity contribution >= 4 is 32.6 Å². The van der Waals surface area contributed by atoms with Crippen molar-refractivity contribution in [3.05, 3.63) is 48.0 Å². The van der Waals surface area contributed by atoms with Gasteiger partial charge in [-0.3, -0.25) is 4.79 Å². The van der Waals surface area contributed by atoms with E-state index in [1.165, 1.54) is 17.2 Å². The fourth-order valence-electron chi connectivity index (χ4n) is 2.79. The maximum Gasteiger partial charge on any atom is 0.227 e. The molecule has 2 nitrogen and oxygen atoms in total. The van der Waals surface area contributed by atoms with Crippen molar-refractivity contribution in [2.45, 2.75) is 24.1 Å². The molecule has 1 aliphatic rings. The largest absolute Gasteiger partial charge is 0.341 e. The topological polar surface area (TPSA) is 20.3 Å². The lowest BCUT2D eigenvalue weighted by atomic mass is 10.0. The normalized spacial score (nSPS) is 19.2. The molecule has 3 rings (SSSR count). The van der Waals surface area contributed by atoms with Crippen molar-refractivity contribution in [1.82, 2.24) is 4.90 Å². The molecule has 104 valence electrons. The molecule has 0 saturated carbocycles. The first kappa shape index (κ1) is 13.6. The minimum atomic E-state index is 0.240. The molecule has 0 N–H and O–H groups in total. The maximum atomic E-state index is 12.4. The van der Waals surface area contributed by atoms with E-state index in [9.17, 15) is 4.79 Å². The second-order valence-corrected chi connectivity index (χ2v) is 6.73. The maximum absolute atomic E-state index is 12.4. The zero-order valence-corrected chi connectivity index (χ0v) is 13.0. The molecule has 2 aromatic carbocycles. The van der Waals surface area contributed by atoms with Gasteiger partial charge in [0.25, 0.3) is 0 Å². The van der Waals surface area contributed by atoms with E-state index in [1.54, 1.807) is 0 Å². The van der Waals surface area contributed by atoms with E-state index in [0.717, 1.165) is 25.1 Å². The van der Waals surface area contributed by atoms with E-state index in [0.29, 0.717) is 11.2 Å². The number of piperidine rings is 1. The molecule has 0 aliphatic carbocycles. The van der Waals surface area contributed by atoms with Gasteiger partial charge in [0.05, 0.1) is 6.42 Å². The Labute approximate surface area is 127 Å².